The summed E-state index contributed by atoms with van der Waals surface area (Å²) in [5.41, 5.74) is 2.61. The maximum absolute atomic E-state index is 5.85. The Hall–Kier alpha value is -2.20. The zero-order valence-electron chi connectivity index (χ0n) is 16.6. The monoisotopic (exact) mass is 357 g/mol. The highest BCUT2D eigenvalue weighted by Gasteiger charge is 2.13. The maximum atomic E-state index is 5.85. The van der Waals surface area contributed by atoms with Gasteiger partial charge in [0.05, 0.1) is 6.61 Å². The first-order valence-corrected chi connectivity index (χ1v) is 9.20. The van der Waals surface area contributed by atoms with Crippen LogP contribution in [-0.4, -0.2) is 26.9 Å². The third-order valence-corrected chi connectivity index (χ3v) is 4.02. The molecule has 142 valence electrons. The van der Waals surface area contributed by atoms with Crippen molar-refractivity contribution in [3.63, 3.8) is 0 Å². The van der Waals surface area contributed by atoms with E-state index in [1.807, 2.05) is 44.3 Å². The number of hydrogen-bond donors (Lipinski definition) is 1. The molecule has 0 saturated carbocycles. The molecule has 1 N–H and O–H groups in total. The largest absolute Gasteiger partial charge is 0.490 e. The molecular formula is C22H31NO3. The van der Waals surface area contributed by atoms with Gasteiger partial charge in [-0.25, -0.2) is 0 Å². The van der Waals surface area contributed by atoms with Gasteiger partial charge in [-0.05, 0) is 54.8 Å². The average molecular weight is 357 g/mol. The van der Waals surface area contributed by atoms with E-state index in [1.54, 1.807) is 0 Å². The zero-order valence-corrected chi connectivity index (χ0v) is 16.6. The number of ether oxygens (including phenoxy) is 3. The molecule has 2 aromatic carbocycles. The minimum atomic E-state index is 0.150. The third-order valence-electron chi connectivity index (χ3n) is 4.02. The molecule has 0 aromatic heterocycles. The molecule has 0 aliphatic heterocycles. The van der Waals surface area contributed by atoms with E-state index in [0.717, 1.165) is 23.8 Å². The lowest BCUT2D eigenvalue weighted by Crippen LogP contribution is -2.12. The molecule has 4 heteroatoms. The summed E-state index contributed by atoms with van der Waals surface area (Å²) in [4.78, 5) is 0. The topological polar surface area (TPSA) is 39.7 Å². The van der Waals surface area contributed by atoms with E-state index in [4.69, 9.17) is 14.2 Å². The van der Waals surface area contributed by atoms with E-state index in [1.165, 1.54) is 11.1 Å². The van der Waals surface area contributed by atoms with Crippen LogP contribution in [0.4, 0.5) is 0 Å². The first kappa shape index (κ1) is 20.1. The van der Waals surface area contributed by atoms with Crippen LogP contribution >= 0.6 is 0 Å². The standard InChI is InChI=1S/C22H31NO3/c1-6-24-21-15-17(16-23-5)7-12-20(21)26-14-13-25-19-10-8-18(9-11-19)22(2,3)4/h7-12,15,23H,6,13-14,16H2,1-5H3. The molecule has 0 aliphatic carbocycles. The molecule has 0 amide bonds. The van der Waals surface area contributed by atoms with E-state index in [0.29, 0.717) is 19.8 Å². The second kappa shape index (κ2) is 9.48. The van der Waals surface area contributed by atoms with Gasteiger partial charge in [0.2, 0.25) is 0 Å². The van der Waals surface area contributed by atoms with Crippen molar-refractivity contribution in [1.82, 2.24) is 5.32 Å². The summed E-state index contributed by atoms with van der Waals surface area (Å²) >= 11 is 0. The second-order valence-electron chi connectivity index (χ2n) is 7.22. The fraction of sp³-hybridized carbons (Fsp3) is 0.455. The highest BCUT2D eigenvalue weighted by molar-refractivity contribution is 5.43. The Morgan fingerprint density at radius 3 is 2.15 bits per heavy atom. The van der Waals surface area contributed by atoms with Gasteiger partial charge in [0.25, 0.3) is 0 Å². The molecular weight excluding hydrogens is 326 g/mol. The minimum Gasteiger partial charge on any atom is -0.490 e. The summed E-state index contributed by atoms with van der Waals surface area (Å²) in [6, 6.07) is 14.3. The molecule has 4 nitrogen and oxygen atoms in total. The van der Waals surface area contributed by atoms with Gasteiger partial charge in [0.1, 0.15) is 19.0 Å². The van der Waals surface area contributed by atoms with Crippen molar-refractivity contribution in [3.05, 3.63) is 53.6 Å². The lowest BCUT2D eigenvalue weighted by Gasteiger charge is -2.19. The lowest BCUT2D eigenvalue weighted by atomic mass is 9.87. The van der Waals surface area contributed by atoms with E-state index >= 15 is 0 Å². The molecule has 0 fully saturated rings. The lowest BCUT2D eigenvalue weighted by molar-refractivity contribution is 0.208. The maximum Gasteiger partial charge on any atom is 0.161 e. The van der Waals surface area contributed by atoms with Crippen molar-refractivity contribution in [2.45, 2.75) is 39.7 Å². The predicted molar refractivity (Wildman–Crippen MR) is 107 cm³/mol. The van der Waals surface area contributed by atoms with Gasteiger partial charge in [-0.1, -0.05) is 39.0 Å². The van der Waals surface area contributed by atoms with Crippen molar-refractivity contribution in [2.24, 2.45) is 0 Å². The van der Waals surface area contributed by atoms with E-state index < -0.39 is 0 Å². The summed E-state index contributed by atoms with van der Waals surface area (Å²) in [5.74, 6) is 2.38. The average Bonchev–Trinajstić information content (AvgIpc) is 2.60. The van der Waals surface area contributed by atoms with Crippen LogP contribution < -0.4 is 19.5 Å². The van der Waals surface area contributed by atoms with Crippen LogP contribution in [0, 0.1) is 0 Å². The SMILES string of the molecule is CCOc1cc(CNC)ccc1OCCOc1ccc(C(C)(C)C)cc1. The Bertz CT molecular complexity index is 675. The molecule has 0 spiro atoms. The van der Waals surface area contributed by atoms with E-state index in [9.17, 15) is 0 Å². The smallest absolute Gasteiger partial charge is 0.161 e. The van der Waals surface area contributed by atoms with Crippen molar-refractivity contribution in [1.29, 1.82) is 0 Å². The fourth-order valence-electron chi connectivity index (χ4n) is 2.62. The van der Waals surface area contributed by atoms with Gasteiger partial charge in [-0.2, -0.15) is 0 Å². The first-order valence-electron chi connectivity index (χ1n) is 9.20. The third kappa shape index (κ3) is 5.95. The molecule has 0 aliphatic rings. The molecule has 0 unspecified atom stereocenters. The Kier molecular flexibility index (Phi) is 7.34. The first-order chi connectivity index (χ1) is 12.4. The predicted octanol–water partition coefficient (Wildman–Crippen LogP) is 4.56. The number of rotatable bonds is 9. The fourth-order valence-corrected chi connectivity index (χ4v) is 2.62. The van der Waals surface area contributed by atoms with Gasteiger partial charge in [-0.15, -0.1) is 0 Å². The van der Waals surface area contributed by atoms with Gasteiger partial charge in [0, 0.05) is 6.54 Å². The van der Waals surface area contributed by atoms with Gasteiger partial charge in [0.15, 0.2) is 11.5 Å². The number of benzene rings is 2. The van der Waals surface area contributed by atoms with Gasteiger partial charge in [-0.3, -0.25) is 0 Å². The molecule has 2 aromatic rings. The van der Waals surface area contributed by atoms with Crippen LogP contribution in [-0.2, 0) is 12.0 Å². The van der Waals surface area contributed by atoms with Crippen molar-refractivity contribution in [2.75, 3.05) is 26.9 Å². The molecule has 0 radical (unpaired) electrons. The Morgan fingerprint density at radius 2 is 1.54 bits per heavy atom. The molecule has 0 heterocycles. The second-order valence-corrected chi connectivity index (χ2v) is 7.22. The summed E-state index contributed by atoms with van der Waals surface area (Å²) in [6.45, 7) is 10.9. The van der Waals surface area contributed by atoms with Crippen LogP contribution in [0.5, 0.6) is 17.2 Å². The zero-order chi connectivity index (χ0) is 19.0. The normalized spacial score (nSPS) is 11.3. The van der Waals surface area contributed by atoms with Crippen molar-refractivity contribution < 1.29 is 14.2 Å². The van der Waals surface area contributed by atoms with E-state index in [-0.39, 0.29) is 5.41 Å². The van der Waals surface area contributed by atoms with Crippen molar-refractivity contribution >= 4 is 0 Å². The van der Waals surface area contributed by atoms with Crippen molar-refractivity contribution in [3.8, 4) is 17.2 Å². The van der Waals surface area contributed by atoms with Crippen LogP contribution in [0.25, 0.3) is 0 Å². The summed E-state index contributed by atoms with van der Waals surface area (Å²) in [5, 5.41) is 3.14. The minimum absolute atomic E-state index is 0.150. The van der Waals surface area contributed by atoms with Crippen LogP contribution in [0.2, 0.25) is 0 Å². The van der Waals surface area contributed by atoms with Crippen LogP contribution in [0.15, 0.2) is 42.5 Å². The summed E-state index contributed by atoms with van der Waals surface area (Å²) in [6.07, 6.45) is 0. The Morgan fingerprint density at radius 1 is 0.846 bits per heavy atom. The van der Waals surface area contributed by atoms with Crippen LogP contribution in [0.1, 0.15) is 38.8 Å². The highest BCUT2D eigenvalue weighted by Crippen LogP contribution is 2.28. The van der Waals surface area contributed by atoms with E-state index in [2.05, 4.69) is 38.2 Å². The molecule has 0 bridgehead atoms. The molecule has 26 heavy (non-hydrogen) atoms. The van der Waals surface area contributed by atoms with Gasteiger partial charge >= 0.3 is 0 Å². The molecule has 2 rings (SSSR count). The molecule has 0 atom stereocenters. The van der Waals surface area contributed by atoms with Crippen LogP contribution in [0.3, 0.4) is 0 Å². The molecule has 0 saturated heterocycles. The van der Waals surface area contributed by atoms with Gasteiger partial charge < -0.3 is 19.5 Å². The number of hydrogen-bond acceptors (Lipinski definition) is 4. The number of nitrogens with one attached hydrogen (secondary N) is 1. The summed E-state index contributed by atoms with van der Waals surface area (Å²) in [7, 11) is 1.93. The Labute approximate surface area is 157 Å². The Balaban J connectivity index is 1.87. The summed E-state index contributed by atoms with van der Waals surface area (Å²) < 4.78 is 17.3. The quantitative estimate of drug-likeness (QED) is 0.668. The highest BCUT2D eigenvalue weighted by atomic mass is 16.5.